The van der Waals surface area contributed by atoms with Crippen LogP contribution in [0.1, 0.15) is 0 Å². The van der Waals surface area contributed by atoms with E-state index in [-0.39, 0.29) is 5.70 Å². The maximum Gasteiger partial charge on any atom is 0.355 e. The summed E-state index contributed by atoms with van der Waals surface area (Å²) in [7, 11) is 1.53. The Balaban J connectivity index is 2.80. The lowest BCUT2D eigenvalue weighted by Gasteiger charge is -2.18. The molecule has 1 rings (SSSR count). The van der Waals surface area contributed by atoms with E-state index < -0.39 is 5.97 Å². The number of hydrogen-bond acceptors (Lipinski definition) is 3. The molecule has 0 atom stereocenters. The molecule has 4 nitrogen and oxygen atoms in total. The zero-order valence-corrected chi connectivity index (χ0v) is 5.44. The maximum atomic E-state index is 10.3. The van der Waals surface area contributed by atoms with Crippen molar-refractivity contribution in [2.75, 3.05) is 7.05 Å². The van der Waals surface area contributed by atoms with Crippen LogP contribution in [0.5, 0.6) is 0 Å². The van der Waals surface area contributed by atoms with Crippen LogP contribution in [-0.4, -0.2) is 23.2 Å². The van der Waals surface area contributed by atoms with Gasteiger partial charge >= 0.3 is 5.97 Å². The average molecular weight is 141 g/mol. The van der Waals surface area contributed by atoms with Gasteiger partial charge in [-0.25, -0.2) is 9.86 Å². The number of rotatable bonds is 1. The number of allylic oxidation sites excluding steroid dienone is 2. The number of aliphatic carboxylic acids is 1. The van der Waals surface area contributed by atoms with Crippen LogP contribution in [0.3, 0.4) is 0 Å². The van der Waals surface area contributed by atoms with Crippen LogP contribution in [0.4, 0.5) is 0 Å². The second-order valence-corrected chi connectivity index (χ2v) is 1.79. The first kappa shape index (κ1) is 6.67. The first-order valence-electron chi connectivity index (χ1n) is 2.72. The molecule has 1 heterocycles. The highest BCUT2D eigenvalue weighted by atomic mass is 16.7. The van der Waals surface area contributed by atoms with Crippen LogP contribution >= 0.6 is 0 Å². The molecule has 0 bridgehead atoms. The zero-order chi connectivity index (χ0) is 7.56. The number of nitrogens with zero attached hydrogens (tertiary/aromatic N) is 1. The van der Waals surface area contributed by atoms with Crippen molar-refractivity contribution < 1.29 is 14.7 Å². The molecule has 10 heavy (non-hydrogen) atoms. The van der Waals surface area contributed by atoms with Crippen molar-refractivity contribution in [3.8, 4) is 0 Å². The molecule has 0 aliphatic carbocycles. The Morgan fingerprint density at radius 2 is 2.50 bits per heavy atom. The van der Waals surface area contributed by atoms with Crippen molar-refractivity contribution in [1.29, 1.82) is 0 Å². The molecule has 0 aromatic carbocycles. The lowest BCUT2D eigenvalue weighted by molar-refractivity contribution is -0.141. The quantitative estimate of drug-likeness (QED) is 0.572. The van der Waals surface area contributed by atoms with Crippen molar-refractivity contribution in [2.24, 2.45) is 0 Å². The van der Waals surface area contributed by atoms with E-state index in [1.165, 1.54) is 30.5 Å². The fraction of sp³-hybridized carbons (Fsp3) is 0.167. The summed E-state index contributed by atoms with van der Waals surface area (Å²) in [6.07, 6.45) is 4.40. The van der Waals surface area contributed by atoms with Crippen molar-refractivity contribution in [2.45, 2.75) is 0 Å². The topological polar surface area (TPSA) is 49.8 Å². The van der Waals surface area contributed by atoms with Gasteiger partial charge in [0.1, 0.15) is 6.26 Å². The summed E-state index contributed by atoms with van der Waals surface area (Å²) < 4.78 is 0. The minimum Gasteiger partial charge on any atom is -0.476 e. The third-order valence-corrected chi connectivity index (χ3v) is 1.11. The second-order valence-electron chi connectivity index (χ2n) is 1.79. The lowest BCUT2D eigenvalue weighted by atomic mass is 10.4. The fourth-order valence-electron chi connectivity index (χ4n) is 0.625. The van der Waals surface area contributed by atoms with Crippen molar-refractivity contribution in [3.05, 3.63) is 24.1 Å². The first-order valence-corrected chi connectivity index (χ1v) is 2.72. The molecule has 0 spiro atoms. The summed E-state index contributed by atoms with van der Waals surface area (Å²) in [5, 5.41) is 9.67. The third-order valence-electron chi connectivity index (χ3n) is 1.11. The Kier molecular flexibility index (Phi) is 1.62. The van der Waals surface area contributed by atoms with E-state index in [0.29, 0.717) is 0 Å². The molecule has 1 N–H and O–H groups in total. The maximum absolute atomic E-state index is 10.3. The zero-order valence-electron chi connectivity index (χ0n) is 5.44. The van der Waals surface area contributed by atoms with E-state index in [9.17, 15) is 4.79 Å². The molecular weight excluding hydrogens is 134 g/mol. The number of carboxylic acid groups (broad SMARTS) is 1. The molecular formula is C6H7NO3. The van der Waals surface area contributed by atoms with Gasteiger partial charge in [0.15, 0.2) is 5.70 Å². The number of hydroxylamine groups is 2. The Labute approximate surface area is 58.0 Å². The van der Waals surface area contributed by atoms with Gasteiger partial charge in [0.05, 0.1) is 0 Å². The summed E-state index contributed by atoms with van der Waals surface area (Å²) in [4.78, 5) is 15.1. The second kappa shape index (κ2) is 2.43. The monoisotopic (exact) mass is 141 g/mol. The number of carboxylic acids is 1. The molecule has 1 aliphatic heterocycles. The highest BCUT2D eigenvalue weighted by Crippen LogP contribution is 2.07. The van der Waals surface area contributed by atoms with Gasteiger partial charge in [0.2, 0.25) is 0 Å². The Hall–Kier alpha value is -1.45. The molecule has 0 radical (unpaired) electrons. The smallest absolute Gasteiger partial charge is 0.355 e. The molecule has 54 valence electrons. The Morgan fingerprint density at radius 3 is 2.90 bits per heavy atom. The van der Waals surface area contributed by atoms with E-state index in [1.54, 1.807) is 0 Å². The summed E-state index contributed by atoms with van der Waals surface area (Å²) in [5.41, 5.74) is 0.127. The van der Waals surface area contributed by atoms with E-state index in [0.717, 1.165) is 0 Å². The lowest BCUT2D eigenvalue weighted by Crippen LogP contribution is -2.23. The highest BCUT2D eigenvalue weighted by Gasteiger charge is 2.13. The van der Waals surface area contributed by atoms with Gasteiger partial charge in [-0.3, -0.25) is 0 Å². The summed E-state index contributed by atoms with van der Waals surface area (Å²) in [6.45, 7) is 0. The van der Waals surface area contributed by atoms with Gasteiger partial charge in [0, 0.05) is 7.05 Å². The number of likely N-dealkylation sites (N-methyl/N-ethyl adjacent to an activating group) is 1. The van der Waals surface area contributed by atoms with Gasteiger partial charge in [-0.05, 0) is 12.2 Å². The summed E-state index contributed by atoms with van der Waals surface area (Å²) in [5.74, 6) is -0.994. The van der Waals surface area contributed by atoms with Gasteiger partial charge in [-0.15, -0.1) is 0 Å². The van der Waals surface area contributed by atoms with Crippen LogP contribution in [0, 0.1) is 0 Å². The van der Waals surface area contributed by atoms with E-state index in [4.69, 9.17) is 9.94 Å². The van der Waals surface area contributed by atoms with Crippen molar-refractivity contribution >= 4 is 5.97 Å². The Morgan fingerprint density at radius 1 is 1.80 bits per heavy atom. The largest absolute Gasteiger partial charge is 0.476 e. The van der Waals surface area contributed by atoms with E-state index in [2.05, 4.69) is 0 Å². The van der Waals surface area contributed by atoms with E-state index >= 15 is 0 Å². The van der Waals surface area contributed by atoms with Gasteiger partial charge in [-0.2, -0.15) is 0 Å². The standard InChI is InChI=1S/C6H7NO3/c1-7-5(6(8)9)3-2-4-10-7/h2-4H,1H3,(H,8,9). The van der Waals surface area contributed by atoms with Crippen LogP contribution < -0.4 is 0 Å². The fourth-order valence-corrected chi connectivity index (χ4v) is 0.625. The Bertz CT molecular complexity index is 207. The number of hydrogen-bond donors (Lipinski definition) is 1. The molecule has 0 aromatic rings. The van der Waals surface area contributed by atoms with Gasteiger partial charge < -0.3 is 9.94 Å². The first-order chi connectivity index (χ1) is 4.72. The predicted octanol–water partition coefficient (Wildman–Crippen LogP) is 0.346. The van der Waals surface area contributed by atoms with Gasteiger partial charge in [0.25, 0.3) is 0 Å². The van der Waals surface area contributed by atoms with Gasteiger partial charge in [-0.1, -0.05) is 0 Å². The minimum absolute atomic E-state index is 0.127. The average Bonchev–Trinajstić information content (AvgIpc) is 1.88. The molecule has 4 heteroatoms. The van der Waals surface area contributed by atoms with Crippen LogP contribution in [0.2, 0.25) is 0 Å². The minimum atomic E-state index is -0.994. The predicted molar refractivity (Wildman–Crippen MR) is 33.7 cm³/mol. The summed E-state index contributed by atoms with van der Waals surface area (Å²) in [6, 6.07) is 0. The third kappa shape index (κ3) is 1.10. The normalized spacial score (nSPS) is 16.1. The van der Waals surface area contributed by atoms with Crippen molar-refractivity contribution in [1.82, 2.24) is 5.06 Å². The van der Waals surface area contributed by atoms with Crippen LogP contribution in [0.15, 0.2) is 24.1 Å². The molecule has 0 saturated carbocycles. The molecule has 0 aromatic heterocycles. The highest BCUT2D eigenvalue weighted by molar-refractivity contribution is 5.86. The molecule has 0 unspecified atom stereocenters. The molecule has 1 aliphatic rings. The van der Waals surface area contributed by atoms with E-state index in [1.807, 2.05) is 0 Å². The van der Waals surface area contributed by atoms with Crippen molar-refractivity contribution in [3.63, 3.8) is 0 Å². The number of carbonyl (C=O) groups is 1. The molecule has 0 amide bonds. The van der Waals surface area contributed by atoms with Crippen LogP contribution in [-0.2, 0) is 9.63 Å². The van der Waals surface area contributed by atoms with Crippen LogP contribution in [0.25, 0.3) is 0 Å². The SMILES string of the molecule is CN1OC=CC=C1C(=O)O. The summed E-state index contributed by atoms with van der Waals surface area (Å²) >= 11 is 0. The molecule has 0 saturated heterocycles. The molecule has 0 fully saturated rings.